The molecule has 0 saturated carbocycles. The van der Waals surface area contributed by atoms with E-state index in [-0.39, 0.29) is 40.9 Å². The van der Waals surface area contributed by atoms with Crippen molar-refractivity contribution >= 4 is 39.1 Å². The summed E-state index contributed by atoms with van der Waals surface area (Å²) in [6, 6.07) is 7.14. The summed E-state index contributed by atoms with van der Waals surface area (Å²) in [5, 5.41) is 3.17. The minimum atomic E-state index is -3.87. The molecule has 0 atom stereocenters. The molecule has 1 aromatic carbocycles. The average molecular weight is 498 g/mol. The molecule has 1 aliphatic heterocycles. The molecule has 2 aromatic heterocycles. The molecule has 1 saturated heterocycles. The van der Waals surface area contributed by atoms with E-state index in [0.717, 1.165) is 0 Å². The van der Waals surface area contributed by atoms with Crippen LogP contribution in [-0.2, 0) is 22.5 Å². The number of nitrogens with zero attached hydrogens (tertiary/aromatic N) is 4. The highest BCUT2D eigenvalue weighted by Crippen LogP contribution is 2.37. The normalized spacial score (nSPS) is 15.9. The van der Waals surface area contributed by atoms with Gasteiger partial charge in [0, 0.05) is 44.1 Å². The number of rotatable bonds is 6. The number of carbonyl (C=O) groups excluding carboxylic acids is 1. The molecule has 1 aliphatic rings. The van der Waals surface area contributed by atoms with Crippen molar-refractivity contribution in [2.45, 2.75) is 10.4 Å². The molecule has 8 nitrogen and oxygen atoms in total. The number of amides is 1. The van der Waals surface area contributed by atoms with Gasteiger partial charge in [0.2, 0.25) is 0 Å². The molecule has 12 heteroatoms. The Labute approximate surface area is 194 Å². The van der Waals surface area contributed by atoms with Crippen molar-refractivity contribution in [1.29, 1.82) is 0 Å². The Hall–Kier alpha value is -2.53. The SMILES string of the molecule is Cn1cnc(S(=O)(=O)N2CC(CNC(=O)c3ccc(Cl)cc3Cl)(c3ncccc3F)C2)c1. The lowest BCUT2D eigenvalue weighted by atomic mass is 9.77. The van der Waals surface area contributed by atoms with E-state index in [1.807, 2.05) is 0 Å². The summed E-state index contributed by atoms with van der Waals surface area (Å²) in [7, 11) is -2.21. The summed E-state index contributed by atoms with van der Waals surface area (Å²) in [5.41, 5.74) is -0.776. The van der Waals surface area contributed by atoms with Gasteiger partial charge in [-0.15, -0.1) is 0 Å². The molecule has 0 unspecified atom stereocenters. The van der Waals surface area contributed by atoms with Gasteiger partial charge in [0.15, 0.2) is 5.03 Å². The first-order valence-electron chi connectivity index (χ1n) is 9.45. The van der Waals surface area contributed by atoms with Gasteiger partial charge in [-0.1, -0.05) is 23.2 Å². The van der Waals surface area contributed by atoms with Gasteiger partial charge in [0.1, 0.15) is 5.82 Å². The number of aromatic nitrogens is 3. The number of benzene rings is 1. The Morgan fingerprint density at radius 2 is 2.00 bits per heavy atom. The Morgan fingerprint density at radius 3 is 2.62 bits per heavy atom. The maximum Gasteiger partial charge on any atom is 0.262 e. The van der Waals surface area contributed by atoms with E-state index >= 15 is 0 Å². The van der Waals surface area contributed by atoms with Crippen molar-refractivity contribution in [3.8, 4) is 0 Å². The van der Waals surface area contributed by atoms with Crippen molar-refractivity contribution in [2.24, 2.45) is 7.05 Å². The second-order valence-corrected chi connectivity index (χ2v) is 10.3. The van der Waals surface area contributed by atoms with E-state index in [1.54, 1.807) is 7.05 Å². The van der Waals surface area contributed by atoms with Crippen LogP contribution in [0.3, 0.4) is 0 Å². The van der Waals surface area contributed by atoms with Crippen molar-refractivity contribution in [2.75, 3.05) is 19.6 Å². The smallest absolute Gasteiger partial charge is 0.262 e. The monoisotopic (exact) mass is 497 g/mol. The third-order valence-corrected chi connectivity index (χ3v) is 7.49. The first-order valence-corrected chi connectivity index (χ1v) is 11.6. The highest BCUT2D eigenvalue weighted by Gasteiger charge is 2.52. The minimum Gasteiger partial charge on any atom is -0.351 e. The van der Waals surface area contributed by atoms with Gasteiger partial charge >= 0.3 is 0 Å². The van der Waals surface area contributed by atoms with E-state index in [1.165, 1.54) is 57.9 Å². The number of hydrogen-bond acceptors (Lipinski definition) is 5. The number of aryl methyl sites for hydroxylation is 1. The van der Waals surface area contributed by atoms with Crippen LogP contribution in [0.15, 0.2) is 54.1 Å². The van der Waals surface area contributed by atoms with Gasteiger partial charge in [-0.05, 0) is 30.3 Å². The lowest BCUT2D eigenvalue weighted by Crippen LogP contribution is -2.65. The summed E-state index contributed by atoms with van der Waals surface area (Å²) >= 11 is 12.0. The van der Waals surface area contributed by atoms with Crippen LogP contribution in [0.4, 0.5) is 4.39 Å². The Bertz CT molecular complexity index is 1290. The Morgan fingerprint density at radius 1 is 1.25 bits per heavy atom. The fourth-order valence-corrected chi connectivity index (χ4v) is 5.67. The molecule has 0 aliphatic carbocycles. The summed E-state index contributed by atoms with van der Waals surface area (Å²) in [6.45, 7) is -0.199. The lowest BCUT2D eigenvalue weighted by molar-refractivity contribution is 0.0895. The number of hydrogen-bond donors (Lipinski definition) is 1. The number of sulfonamides is 1. The van der Waals surface area contributed by atoms with Crippen LogP contribution in [0, 0.1) is 5.82 Å². The predicted octanol–water partition coefficient (Wildman–Crippen LogP) is 2.63. The fraction of sp³-hybridized carbons (Fsp3) is 0.250. The number of pyridine rings is 1. The number of imidazole rings is 1. The van der Waals surface area contributed by atoms with Crippen molar-refractivity contribution in [3.63, 3.8) is 0 Å². The van der Waals surface area contributed by atoms with Crippen LogP contribution in [-0.4, -0.2) is 52.8 Å². The van der Waals surface area contributed by atoms with Gasteiger partial charge in [-0.2, -0.15) is 4.31 Å². The van der Waals surface area contributed by atoms with E-state index < -0.39 is 27.2 Å². The third-order valence-electron chi connectivity index (χ3n) is 5.27. The summed E-state index contributed by atoms with van der Waals surface area (Å²) in [4.78, 5) is 20.7. The molecule has 1 N–H and O–H groups in total. The minimum absolute atomic E-state index is 0.0487. The van der Waals surface area contributed by atoms with Crippen LogP contribution in [0.1, 0.15) is 16.1 Å². The molecule has 1 fully saturated rings. The molecule has 3 heterocycles. The highest BCUT2D eigenvalue weighted by atomic mass is 35.5. The first-order chi connectivity index (χ1) is 15.1. The maximum absolute atomic E-state index is 14.6. The number of nitrogens with one attached hydrogen (secondary N) is 1. The van der Waals surface area contributed by atoms with E-state index in [2.05, 4.69) is 15.3 Å². The largest absolute Gasteiger partial charge is 0.351 e. The zero-order valence-electron chi connectivity index (χ0n) is 16.8. The third kappa shape index (κ3) is 4.11. The summed E-state index contributed by atoms with van der Waals surface area (Å²) in [5.74, 6) is -1.07. The Kier molecular flexibility index (Phi) is 5.97. The van der Waals surface area contributed by atoms with Crippen molar-refractivity contribution < 1.29 is 17.6 Å². The molecule has 0 bridgehead atoms. The summed E-state index contributed by atoms with van der Waals surface area (Å²) < 4.78 is 43.1. The zero-order valence-corrected chi connectivity index (χ0v) is 19.1. The van der Waals surface area contributed by atoms with Crippen LogP contribution < -0.4 is 5.32 Å². The average Bonchev–Trinajstić information content (AvgIpc) is 3.15. The second-order valence-electron chi connectivity index (χ2n) is 7.57. The molecule has 32 heavy (non-hydrogen) atoms. The molecular formula is C20H18Cl2FN5O3S. The van der Waals surface area contributed by atoms with Crippen LogP contribution in [0.25, 0.3) is 0 Å². The Balaban J connectivity index is 1.59. The zero-order chi connectivity index (χ0) is 23.1. The van der Waals surface area contributed by atoms with Crippen LogP contribution >= 0.6 is 23.2 Å². The van der Waals surface area contributed by atoms with Gasteiger partial charge in [-0.25, -0.2) is 17.8 Å². The van der Waals surface area contributed by atoms with Gasteiger partial charge in [0.05, 0.1) is 28.0 Å². The first kappa shape index (κ1) is 22.7. The van der Waals surface area contributed by atoms with E-state index in [4.69, 9.17) is 23.2 Å². The standard InChI is InChI=1S/C20H18Cl2FN5O3S/c1-27-8-17(26-12-27)32(30,31)28-10-20(11-28,18-16(23)3-2-6-24-18)9-25-19(29)14-5-4-13(21)7-15(14)22/h2-8,12H,9-11H2,1H3,(H,25,29). The van der Waals surface area contributed by atoms with Crippen molar-refractivity contribution in [3.05, 3.63) is 76.2 Å². The molecule has 3 aromatic rings. The number of carbonyl (C=O) groups is 1. The second kappa shape index (κ2) is 8.43. The van der Waals surface area contributed by atoms with Crippen molar-refractivity contribution in [1.82, 2.24) is 24.2 Å². The topological polar surface area (TPSA) is 97.2 Å². The van der Waals surface area contributed by atoms with Gasteiger partial charge in [-0.3, -0.25) is 9.78 Å². The fourth-order valence-electron chi connectivity index (χ4n) is 3.59. The lowest BCUT2D eigenvalue weighted by Gasteiger charge is -2.48. The highest BCUT2D eigenvalue weighted by molar-refractivity contribution is 7.89. The molecular weight excluding hydrogens is 480 g/mol. The van der Waals surface area contributed by atoms with Gasteiger partial charge < -0.3 is 9.88 Å². The molecule has 168 valence electrons. The predicted molar refractivity (Wildman–Crippen MR) is 117 cm³/mol. The molecule has 0 radical (unpaired) electrons. The van der Waals surface area contributed by atoms with E-state index in [9.17, 15) is 17.6 Å². The molecule has 1 amide bonds. The quantitative estimate of drug-likeness (QED) is 0.564. The van der Waals surface area contributed by atoms with Crippen LogP contribution in [0.2, 0.25) is 10.0 Å². The van der Waals surface area contributed by atoms with E-state index in [0.29, 0.717) is 5.02 Å². The number of halogens is 3. The van der Waals surface area contributed by atoms with Crippen LogP contribution in [0.5, 0.6) is 0 Å². The summed E-state index contributed by atoms with van der Waals surface area (Å²) in [6.07, 6.45) is 4.20. The molecule has 0 spiro atoms. The maximum atomic E-state index is 14.6. The molecule has 4 rings (SSSR count). The van der Waals surface area contributed by atoms with Gasteiger partial charge in [0.25, 0.3) is 15.9 Å².